The van der Waals surface area contributed by atoms with Crippen molar-refractivity contribution in [2.45, 2.75) is 31.4 Å². The minimum atomic E-state index is -3.58. The second-order valence-corrected chi connectivity index (χ2v) is 13.2. The maximum absolute atomic E-state index is 14.0. The van der Waals surface area contributed by atoms with E-state index in [-0.39, 0.29) is 29.3 Å². The number of fused-ring (bicyclic) bond motifs is 1. The Bertz CT molecular complexity index is 1540. The number of carbonyl (C=O) groups excluding carboxylic acids is 1. The number of aliphatic hydroxyl groups excluding tert-OH is 1. The molecule has 5 heterocycles. The first kappa shape index (κ1) is 27.2. The zero-order valence-corrected chi connectivity index (χ0v) is 24.6. The van der Waals surface area contributed by atoms with Gasteiger partial charge < -0.3 is 24.5 Å². The summed E-state index contributed by atoms with van der Waals surface area (Å²) in [6, 6.07) is 8.60. The molecule has 3 saturated heterocycles. The summed E-state index contributed by atoms with van der Waals surface area (Å²) in [4.78, 5) is 24.9. The molecule has 0 radical (unpaired) electrons. The van der Waals surface area contributed by atoms with E-state index in [0.29, 0.717) is 43.0 Å². The average molecular weight is 635 g/mol. The number of aromatic nitrogens is 3. The molecule has 14 heteroatoms. The number of β-amino-alcohol motifs (C(OH)–C–C–N with tert-alkyl or cyclic N) is 1. The molecule has 1 aromatic carbocycles. The van der Waals surface area contributed by atoms with Crippen LogP contribution >= 0.6 is 15.9 Å². The van der Waals surface area contributed by atoms with Crippen LogP contribution in [0.3, 0.4) is 0 Å². The Morgan fingerprint density at radius 2 is 1.88 bits per heavy atom. The van der Waals surface area contributed by atoms with E-state index in [4.69, 9.17) is 14.8 Å². The number of carbonyl (C=O) groups is 1. The van der Waals surface area contributed by atoms with Crippen LogP contribution in [0, 0.1) is 0 Å². The summed E-state index contributed by atoms with van der Waals surface area (Å²) in [5.41, 5.74) is 1.94. The Hall–Kier alpha value is -2.94. The predicted molar refractivity (Wildman–Crippen MR) is 154 cm³/mol. The van der Waals surface area contributed by atoms with Crippen LogP contribution in [0.4, 0.5) is 17.3 Å². The molecule has 1 atom stereocenters. The highest BCUT2D eigenvalue weighted by Gasteiger charge is 2.33. The van der Waals surface area contributed by atoms with Gasteiger partial charge in [0.25, 0.3) is 5.91 Å². The van der Waals surface area contributed by atoms with Crippen LogP contribution in [0.1, 0.15) is 41.4 Å². The number of aliphatic hydroxyl groups is 1. The molecule has 0 spiro atoms. The molecule has 3 aliphatic rings. The van der Waals surface area contributed by atoms with Crippen molar-refractivity contribution < 1.29 is 23.1 Å². The first-order valence-corrected chi connectivity index (χ1v) is 16.1. The van der Waals surface area contributed by atoms with Gasteiger partial charge in [-0.2, -0.15) is 9.61 Å². The summed E-state index contributed by atoms with van der Waals surface area (Å²) in [5.74, 6) is 1.43. The fourth-order valence-electron chi connectivity index (χ4n) is 5.57. The highest BCUT2D eigenvalue weighted by molar-refractivity contribution is 9.10. The number of nitrogens with zero attached hydrogens (tertiary/aromatic N) is 6. The van der Waals surface area contributed by atoms with Crippen molar-refractivity contribution in [2.24, 2.45) is 0 Å². The lowest BCUT2D eigenvalue weighted by Crippen LogP contribution is -2.51. The quantitative estimate of drug-likeness (QED) is 0.419. The summed E-state index contributed by atoms with van der Waals surface area (Å²) < 4.78 is 34.6. The highest BCUT2D eigenvalue weighted by Crippen LogP contribution is 2.35. The van der Waals surface area contributed by atoms with Crippen LogP contribution in [-0.2, 0) is 14.8 Å². The third-order valence-corrected chi connectivity index (χ3v) is 8.63. The van der Waals surface area contributed by atoms with Gasteiger partial charge in [-0.3, -0.25) is 9.52 Å². The maximum atomic E-state index is 14.0. The number of hydrogen-bond donors (Lipinski definition) is 2. The van der Waals surface area contributed by atoms with E-state index in [1.54, 1.807) is 23.1 Å². The molecule has 0 bridgehead atoms. The van der Waals surface area contributed by atoms with Gasteiger partial charge in [0.1, 0.15) is 11.6 Å². The van der Waals surface area contributed by atoms with Gasteiger partial charge >= 0.3 is 0 Å². The average Bonchev–Trinajstić information content (AvgIpc) is 3.35. The number of rotatable bonds is 6. The van der Waals surface area contributed by atoms with Crippen molar-refractivity contribution in [2.75, 3.05) is 66.7 Å². The molecule has 0 saturated carbocycles. The molecule has 3 aromatic rings. The third-order valence-electron chi connectivity index (χ3n) is 7.55. The van der Waals surface area contributed by atoms with Gasteiger partial charge in [0.15, 0.2) is 5.65 Å². The first-order chi connectivity index (χ1) is 19.2. The van der Waals surface area contributed by atoms with Crippen molar-refractivity contribution in [3.8, 4) is 0 Å². The first-order valence-electron chi connectivity index (χ1n) is 13.4. The van der Waals surface area contributed by atoms with E-state index in [2.05, 4.69) is 25.6 Å². The topological polar surface area (TPSA) is 133 Å². The van der Waals surface area contributed by atoms with Crippen LogP contribution in [0.2, 0.25) is 0 Å². The number of benzene rings is 1. The molecule has 0 aliphatic carbocycles. The lowest BCUT2D eigenvalue weighted by molar-refractivity contribution is 0.0606. The highest BCUT2D eigenvalue weighted by atomic mass is 79.9. The smallest absolute Gasteiger partial charge is 0.256 e. The number of halogens is 1. The number of piperidine rings is 1. The van der Waals surface area contributed by atoms with E-state index < -0.39 is 10.0 Å². The molecule has 6 rings (SSSR count). The summed E-state index contributed by atoms with van der Waals surface area (Å²) in [6.07, 6.45) is 3.23. The van der Waals surface area contributed by atoms with E-state index in [1.165, 1.54) is 0 Å². The minimum absolute atomic E-state index is 0.243. The van der Waals surface area contributed by atoms with Crippen LogP contribution in [0.5, 0.6) is 0 Å². The minimum Gasteiger partial charge on any atom is -0.389 e. The van der Waals surface area contributed by atoms with Gasteiger partial charge in [-0.05, 0) is 37.5 Å². The van der Waals surface area contributed by atoms with Crippen molar-refractivity contribution >= 4 is 54.8 Å². The van der Waals surface area contributed by atoms with Crippen LogP contribution in [0.25, 0.3) is 5.65 Å². The van der Waals surface area contributed by atoms with E-state index in [9.17, 15) is 18.3 Å². The zero-order valence-electron chi connectivity index (χ0n) is 22.2. The number of nitrogens with one attached hydrogen (secondary N) is 1. The van der Waals surface area contributed by atoms with Gasteiger partial charge in [0.2, 0.25) is 10.0 Å². The molecule has 2 N–H and O–H groups in total. The van der Waals surface area contributed by atoms with Gasteiger partial charge in [-0.1, -0.05) is 15.9 Å². The Labute approximate surface area is 241 Å². The van der Waals surface area contributed by atoms with Crippen molar-refractivity contribution in [1.82, 2.24) is 19.5 Å². The molecule has 2 aromatic heterocycles. The molecule has 214 valence electrons. The van der Waals surface area contributed by atoms with E-state index >= 15 is 0 Å². The summed E-state index contributed by atoms with van der Waals surface area (Å²) >= 11 is 3.42. The summed E-state index contributed by atoms with van der Waals surface area (Å²) in [6.45, 7) is 4.30. The predicted octanol–water partition coefficient (Wildman–Crippen LogP) is 2.25. The van der Waals surface area contributed by atoms with Gasteiger partial charge in [-0.15, -0.1) is 0 Å². The molecule has 12 nitrogen and oxygen atoms in total. The zero-order chi connectivity index (χ0) is 28.0. The Morgan fingerprint density at radius 3 is 2.60 bits per heavy atom. The van der Waals surface area contributed by atoms with Crippen LogP contribution < -0.4 is 14.5 Å². The number of ether oxygens (including phenoxy) is 1. The molecule has 1 unspecified atom stereocenters. The van der Waals surface area contributed by atoms with Gasteiger partial charge in [-0.25, -0.2) is 13.4 Å². The largest absolute Gasteiger partial charge is 0.389 e. The lowest BCUT2D eigenvalue weighted by Gasteiger charge is -2.37. The number of hydrogen-bond acceptors (Lipinski definition) is 9. The SMILES string of the molecule is CS(=O)(=O)Nc1ccc(Br)cc1C(=O)N1CCCCC1c1cc2nc(N3CC(O)C3)cc(N3CCOCC3)n2n1. The normalized spacial score (nSPS) is 20.6. The number of anilines is 3. The van der Waals surface area contributed by atoms with Gasteiger partial charge in [0.05, 0.1) is 48.6 Å². The third kappa shape index (κ3) is 5.49. The van der Waals surface area contributed by atoms with Crippen molar-refractivity contribution in [3.05, 3.63) is 46.1 Å². The number of amides is 1. The molecule has 3 aliphatic heterocycles. The monoisotopic (exact) mass is 633 g/mol. The second kappa shape index (κ2) is 10.8. The fraction of sp³-hybridized carbons (Fsp3) is 0.500. The van der Waals surface area contributed by atoms with Crippen molar-refractivity contribution in [1.29, 1.82) is 0 Å². The van der Waals surface area contributed by atoms with E-state index in [1.807, 2.05) is 21.5 Å². The van der Waals surface area contributed by atoms with Crippen LogP contribution in [0.15, 0.2) is 34.8 Å². The maximum Gasteiger partial charge on any atom is 0.256 e. The van der Waals surface area contributed by atoms with Gasteiger partial charge in [0, 0.05) is 49.3 Å². The van der Waals surface area contributed by atoms with Crippen LogP contribution in [-0.4, -0.2) is 97.2 Å². The second-order valence-electron chi connectivity index (χ2n) is 10.5. The summed E-state index contributed by atoms with van der Waals surface area (Å²) in [5, 5.41) is 14.9. The standard InChI is InChI=1S/C26H32BrN7O5S/c1-40(37,38)30-20-6-5-17(27)12-19(20)26(36)33-7-3-2-4-22(33)21-13-24-28-23(32-15-18(35)16-32)14-25(34(24)29-21)31-8-10-39-11-9-31/h5-6,12-14,18,22,30,35H,2-4,7-11,15-16H2,1H3. The summed E-state index contributed by atoms with van der Waals surface area (Å²) in [7, 11) is -3.58. The van der Waals surface area contributed by atoms with Crippen molar-refractivity contribution in [3.63, 3.8) is 0 Å². The van der Waals surface area contributed by atoms with E-state index in [0.717, 1.165) is 55.9 Å². The lowest BCUT2D eigenvalue weighted by atomic mass is 9.98. The molecule has 40 heavy (non-hydrogen) atoms. The molecule has 1 amide bonds. The molecule has 3 fully saturated rings. The Morgan fingerprint density at radius 1 is 1.10 bits per heavy atom. The number of likely N-dealkylation sites (tertiary alicyclic amines) is 1. The Kier molecular flexibility index (Phi) is 7.36. The molecular weight excluding hydrogens is 602 g/mol. The number of morpholine rings is 1. The number of sulfonamides is 1. The molecular formula is C26H32BrN7O5S. The fourth-order valence-corrected chi connectivity index (χ4v) is 6.51. The Balaban J connectivity index is 1.38.